The van der Waals surface area contributed by atoms with E-state index in [1.807, 2.05) is 30.3 Å². The number of sulfonamides is 2. The zero-order chi connectivity index (χ0) is 23.8. The van der Waals surface area contributed by atoms with Gasteiger partial charge >= 0.3 is 0 Å². The number of nitrogens with zero attached hydrogens (tertiary/aromatic N) is 1. The summed E-state index contributed by atoms with van der Waals surface area (Å²) in [6, 6.07) is 19.7. The van der Waals surface area contributed by atoms with E-state index in [4.69, 9.17) is 4.74 Å². The Morgan fingerprint density at radius 2 is 1.61 bits per heavy atom. The fourth-order valence-electron chi connectivity index (χ4n) is 3.57. The molecule has 33 heavy (non-hydrogen) atoms. The molecule has 0 bridgehead atoms. The molecule has 4 rings (SSSR count). The van der Waals surface area contributed by atoms with Crippen LogP contribution in [0.1, 0.15) is 12.5 Å². The summed E-state index contributed by atoms with van der Waals surface area (Å²) in [5, 5.41) is 0. The highest BCUT2D eigenvalue weighted by Gasteiger charge is 2.42. The van der Waals surface area contributed by atoms with Crippen molar-refractivity contribution in [2.45, 2.75) is 18.7 Å². The average Bonchev–Trinajstić information content (AvgIpc) is 2.96. The lowest BCUT2D eigenvalue weighted by Crippen LogP contribution is -2.30. The molecule has 0 unspecified atom stereocenters. The van der Waals surface area contributed by atoms with Gasteiger partial charge in [-0.2, -0.15) is 0 Å². The van der Waals surface area contributed by atoms with Crippen molar-refractivity contribution < 1.29 is 26.4 Å². The number of nitrogens with one attached hydrogen (secondary N) is 1. The molecule has 0 saturated carbocycles. The average molecular weight is 487 g/mol. The summed E-state index contributed by atoms with van der Waals surface area (Å²) in [4.78, 5) is 12.3. The van der Waals surface area contributed by atoms with E-state index in [9.17, 15) is 21.6 Å². The Bertz CT molecular complexity index is 1400. The number of benzene rings is 3. The molecule has 1 amide bonds. The van der Waals surface area contributed by atoms with Gasteiger partial charge < -0.3 is 4.74 Å². The second kappa shape index (κ2) is 8.53. The van der Waals surface area contributed by atoms with Crippen LogP contribution in [0.15, 0.2) is 77.7 Å². The zero-order valence-corrected chi connectivity index (χ0v) is 19.6. The van der Waals surface area contributed by atoms with E-state index < -0.39 is 31.9 Å². The van der Waals surface area contributed by atoms with E-state index in [0.717, 1.165) is 4.31 Å². The molecule has 1 N–H and O–H groups in total. The van der Waals surface area contributed by atoms with Gasteiger partial charge in [0.1, 0.15) is 11.5 Å². The molecule has 0 aromatic heterocycles. The Hall–Kier alpha value is -3.37. The van der Waals surface area contributed by atoms with Gasteiger partial charge in [0.05, 0.1) is 22.3 Å². The van der Waals surface area contributed by atoms with Gasteiger partial charge in [0.15, 0.2) is 0 Å². The van der Waals surface area contributed by atoms with Gasteiger partial charge in [0.25, 0.3) is 10.0 Å². The minimum atomic E-state index is -3.95. The van der Waals surface area contributed by atoms with Crippen molar-refractivity contribution in [3.8, 4) is 11.5 Å². The summed E-state index contributed by atoms with van der Waals surface area (Å²) in [5.41, 5.74) is 0.778. The van der Waals surface area contributed by atoms with Gasteiger partial charge in [0, 0.05) is 5.69 Å². The molecule has 1 aliphatic rings. The molecule has 1 saturated heterocycles. The van der Waals surface area contributed by atoms with Crippen LogP contribution in [0.4, 0.5) is 11.4 Å². The van der Waals surface area contributed by atoms with Gasteiger partial charge in [-0.15, -0.1) is 0 Å². The third kappa shape index (κ3) is 4.71. The van der Waals surface area contributed by atoms with Crippen LogP contribution >= 0.6 is 0 Å². The van der Waals surface area contributed by atoms with Crippen LogP contribution in [0.3, 0.4) is 0 Å². The van der Waals surface area contributed by atoms with Crippen molar-refractivity contribution in [2.24, 2.45) is 5.92 Å². The van der Waals surface area contributed by atoms with E-state index >= 15 is 0 Å². The summed E-state index contributed by atoms with van der Waals surface area (Å²) in [6.07, 6.45) is 0. The smallest absolute Gasteiger partial charge is 0.262 e. The number of para-hydroxylation sites is 1. The highest BCUT2D eigenvalue weighted by atomic mass is 32.2. The topological polar surface area (TPSA) is 110 Å². The van der Waals surface area contributed by atoms with Crippen LogP contribution in [-0.4, -0.2) is 28.5 Å². The lowest BCUT2D eigenvalue weighted by atomic mass is 10.2. The normalized spacial score (nSPS) is 17.7. The van der Waals surface area contributed by atoms with Crippen molar-refractivity contribution in [3.63, 3.8) is 0 Å². The minimum absolute atomic E-state index is 0.0204. The van der Waals surface area contributed by atoms with E-state index in [2.05, 4.69) is 4.72 Å². The third-order valence-electron chi connectivity index (χ3n) is 5.13. The minimum Gasteiger partial charge on any atom is -0.457 e. The molecular formula is C23H22N2O6S2. The Balaban J connectivity index is 1.53. The molecule has 1 heterocycles. The maximum absolute atomic E-state index is 12.9. The second-order valence-electron chi connectivity index (χ2n) is 7.78. The predicted octanol–water partition coefficient (Wildman–Crippen LogP) is 3.90. The summed E-state index contributed by atoms with van der Waals surface area (Å²) in [6.45, 7) is 3.09. The first-order chi connectivity index (χ1) is 15.6. The SMILES string of the molecule is Cc1cc(N2C(=O)[C@@H](C)CS2(=O)=O)ccc1S(=O)(=O)Nc1ccc(Oc2ccccc2)cc1. The molecule has 0 radical (unpaired) electrons. The standard InChI is InChI=1S/C23H22N2O6S2/c1-16-14-19(25-23(26)17(2)15-32(25,27)28)10-13-22(16)33(29,30)24-18-8-11-21(12-9-18)31-20-6-4-3-5-7-20/h3-14,17,24H,15H2,1-2H3/t17-/m0/s1. The van der Waals surface area contributed by atoms with E-state index in [1.54, 1.807) is 38.1 Å². The Kier molecular flexibility index (Phi) is 5.89. The monoisotopic (exact) mass is 486 g/mol. The molecule has 10 heteroatoms. The lowest BCUT2D eigenvalue weighted by Gasteiger charge is -2.17. The number of anilines is 2. The summed E-state index contributed by atoms with van der Waals surface area (Å²) in [7, 11) is -7.72. The fourth-order valence-corrected chi connectivity index (χ4v) is 6.67. The van der Waals surface area contributed by atoms with Crippen molar-refractivity contribution in [2.75, 3.05) is 14.8 Å². The van der Waals surface area contributed by atoms with E-state index in [-0.39, 0.29) is 16.3 Å². The van der Waals surface area contributed by atoms with Gasteiger partial charge in [-0.1, -0.05) is 25.1 Å². The molecule has 8 nitrogen and oxygen atoms in total. The Morgan fingerprint density at radius 3 is 2.18 bits per heavy atom. The second-order valence-corrected chi connectivity index (χ2v) is 11.3. The van der Waals surface area contributed by atoms with Crippen molar-refractivity contribution >= 4 is 37.3 Å². The van der Waals surface area contributed by atoms with Crippen molar-refractivity contribution in [1.82, 2.24) is 0 Å². The predicted molar refractivity (Wildman–Crippen MR) is 125 cm³/mol. The Morgan fingerprint density at radius 1 is 0.970 bits per heavy atom. The first kappa shape index (κ1) is 22.8. The molecule has 3 aromatic rings. The number of carbonyl (C=O) groups excluding carboxylic acids is 1. The van der Waals surface area contributed by atoms with Crippen LogP contribution < -0.4 is 13.8 Å². The van der Waals surface area contributed by atoms with Crippen LogP contribution in [-0.2, 0) is 24.8 Å². The van der Waals surface area contributed by atoms with Gasteiger partial charge in [-0.05, 0) is 67.1 Å². The van der Waals surface area contributed by atoms with Crippen molar-refractivity contribution in [3.05, 3.63) is 78.4 Å². The highest BCUT2D eigenvalue weighted by Crippen LogP contribution is 2.31. The number of amides is 1. The lowest BCUT2D eigenvalue weighted by molar-refractivity contribution is -0.119. The van der Waals surface area contributed by atoms with Crippen LogP contribution in [0, 0.1) is 12.8 Å². The number of hydrogen-bond acceptors (Lipinski definition) is 6. The third-order valence-corrected chi connectivity index (χ3v) is 8.54. The summed E-state index contributed by atoms with van der Waals surface area (Å²) in [5.74, 6) is -0.226. The number of rotatable bonds is 6. The van der Waals surface area contributed by atoms with E-state index in [1.165, 1.54) is 18.2 Å². The van der Waals surface area contributed by atoms with Crippen molar-refractivity contribution in [1.29, 1.82) is 0 Å². The van der Waals surface area contributed by atoms with Crippen LogP contribution in [0.2, 0.25) is 0 Å². The number of hydrogen-bond donors (Lipinski definition) is 1. The molecule has 0 aliphatic carbocycles. The first-order valence-corrected chi connectivity index (χ1v) is 13.2. The maximum atomic E-state index is 12.9. The number of aryl methyl sites for hydroxylation is 1. The number of carbonyl (C=O) groups is 1. The summed E-state index contributed by atoms with van der Waals surface area (Å²) < 4.78 is 59.5. The number of ether oxygens (including phenoxy) is 1. The fraction of sp³-hybridized carbons (Fsp3) is 0.174. The van der Waals surface area contributed by atoms with Gasteiger partial charge in [-0.3, -0.25) is 9.52 Å². The van der Waals surface area contributed by atoms with E-state index in [0.29, 0.717) is 22.7 Å². The van der Waals surface area contributed by atoms with Gasteiger partial charge in [0.2, 0.25) is 15.9 Å². The van der Waals surface area contributed by atoms with Gasteiger partial charge in [-0.25, -0.2) is 21.1 Å². The largest absolute Gasteiger partial charge is 0.457 e. The molecule has 3 aromatic carbocycles. The molecule has 172 valence electrons. The zero-order valence-electron chi connectivity index (χ0n) is 17.9. The van der Waals surface area contributed by atoms with Crippen LogP contribution in [0.25, 0.3) is 0 Å². The van der Waals surface area contributed by atoms with Crippen LogP contribution in [0.5, 0.6) is 11.5 Å². The molecule has 1 atom stereocenters. The quantitative estimate of drug-likeness (QED) is 0.566. The molecule has 1 aliphatic heterocycles. The molecule has 1 fully saturated rings. The summed E-state index contributed by atoms with van der Waals surface area (Å²) >= 11 is 0. The Labute approximate surface area is 192 Å². The first-order valence-electron chi connectivity index (χ1n) is 10.1. The highest BCUT2D eigenvalue weighted by molar-refractivity contribution is 7.94. The molecule has 0 spiro atoms. The molecular weight excluding hydrogens is 464 g/mol. The maximum Gasteiger partial charge on any atom is 0.262 e.